The van der Waals surface area contributed by atoms with Crippen LogP contribution in [0, 0.1) is 0 Å². The molecule has 0 aliphatic carbocycles. The fourth-order valence-electron chi connectivity index (χ4n) is 1.15. The first-order valence-corrected chi connectivity index (χ1v) is 5.60. The van der Waals surface area contributed by atoms with Gasteiger partial charge in [-0.15, -0.1) is 0 Å². The third kappa shape index (κ3) is 4.24. The molecule has 1 rings (SSSR count). The average Bonchev–Trinajstić information content (AvgIpc) is 2.31. The molecule has 0 radical (unpaired) electrons. The third-order valence-electron chi connectivity index (χ3n) is 2.02. The summed E-state index contributed by atoms with van der Waals surface area (Å²) in [4.78, 5) is 22.5. The summed E-state index contributed by atoms with van der Waals surface area (Å²) < 4.78 is 4.44. The number of carbonyl (C=O) groups excluding carboxylic acids is 2. The number of benzene rings is 1. The van der Waals surface area contributed by atoms with Crippen molar-refractivity contribution >= 4 is 35.1 Å². The topological polar surface area (TPSA) is 55.4 Å². The Morgan fingerprint density at radius 1 is 1.35 bits per heavy atom. The van der Waals surface area contributed by atoms with E-state index in [9.17, 15) is 9.59 Å². The predicted molar refractivity (Wildman–Crippen MR) is 65.4 cm³/mol. The van der Waals surface area contributed by atoms with Crippen molar-refractivity contribution in [3.05, 3.63) is 33.8 Å². The van der Waals surface area contributed by atoms with Crippen LogP contribution in [-0.4, -0.2) is 25.5 Å². The molecule has 0 saturated heterocycles. The minimum Gasteiger partial charge on any atom is -0.469 e. The zero-order valence-electron chi connectivity index (χ0n) is 9.13. The molecule has 0 unspecified atom stereocenters. The second-order valence-electron chi connectivity index (χ2n) is 3.21. The molecule has 0 atom stereocenters. The smallest absolute Gasteiger partial charge is 0.307 e. The molecule has 0 aromatic heterocycles. The molecule has 1 amide bonds. The number of esters is 1. The largest absolute Gasteiger partial charge is 0.469 e. The molecule has 0 aliphatic rings. The second kappa shape index (κ2) is 6.47. The van der Waals surface area contributed by atoms with Gasteiger partial charge in [0.1, 0.15) is 0 Å². The summed E-state index contributed by atoms with van der Waals surface area (Å²) in [5.74, 6) is -0.760. The average molecular weight is 276 g/mol. The molecule has 1 aromatic carbocycles. The Kier molecular flexibility index (Phi) is 5.25. The molecular weight excluding hydrogens is 265 g/mol. The number of ether oxygens (including phenoxy) is 1. The first kappa shape index (κ1) is 13.8. The van der Waals surface area contributed by atoms with E-state index in [1.165, 1.54) is 13.2 Å². The molecule has 0 fully saturated rings. The van der Waals surface area contributed by atoms with Gasteiger partial charge in [0.05, 0.1) is 24.1 Å². The number of methoxy groups -OCH3 is 1. The zero-order chi connectivity index (χ0) is 12.8. The highest BCUT2D eigenvalue weighted by Crippen LogP contribution is 2.20. The number of nitrogens with one attached hydrogen (secondary N) is 1. The van der Waals surface area contributed by atoms with Gasteiger partial charge < -0.3 is 10.1 Å². The second-order valence-corrected chi connectivity index (χ2v) is 4.05. The van der Waals surface area contributed by atoms with Crippen LogP contribution >= 0.6 is 23.2 Å². The van der Waals surface area contributed by atoms with E-state index in [2.05, 4.69) is 10.1 Å². The summed E-state index contributed by atoms with van der Waals surface area (Å²) in [6.45, 7) is 0.189. The van der Waals surface area contributed by atoms with Crippen molar-refractivity contribution < 1.29 is 14.3 Å². The lowest BCUT2D eigenvalue weighted by Gasteiger charge is -2.06. The first-order chi connectivity index (χ1) is 8.04. The summed E-state index contributed by atoms with van der Waals surface area (Å²) >= 11 is 11.6. The van der Waals surface area contributed by atoms with Gasteiger partial charge in [0.25, 0.3) is 5.91 Å². The Balaban J connectivity index is 2.58. The van der Waals surface area contributed by atoms with Gasteiger partial charge in [0, 0.05) is 11.6 Å². The van der Waals surface area contributed by atoms with Crippen LogP contribution in [0.5, 0.6) is 0 Å². The first-order valence-electron chi connectivity index (χ1n) is 4.84. The quantitative estimate of drug-likeness (QED) is 0.858. The molecule has 1 aromatic rings. The summed E-state index contributed by atoms with van der Waals surface area (Å²) in [6, 6.07) is 4.60. The Labute approximate surface area is 109 Å². The van der Waals surface area contributed by atoms with Crippen LogP contribution in [0.25, 0.3) is 0 Å². The van der Waals surface area contributed by atoms with Crippen LogP contribution in [0.2, 0.25) is 10.0 Å². The molecule has 92 valence electrons. The van der Waals surface area contributed by atoms with Gasteiger partial charge >= 0.3 is 5.97 Å². The lowest BCUT2D eigenvalue weighted by atomic mass is 10.2. The molecule has 6 heteroatoms. The van der Waals surface area contributed by atoms with Crippen molar-refractivity contribution in [1.29, 1.82) is 0 Å². The molecule has 0 heterocycles. The molecule has 1 N–H and O–H groups in total. The van der Waals surface area contributed by atoms with E-state index in [-0.39, 0.29) is 30.4 Å². The Morgan fingerprint density at radius 2 is 2.06 bits per heavy atom. The fraction of sp³-hybridized carbons (Fsp3) is 0.273. The molecule has 0 bridgehead atoms. The van der Waals surface area contributed by atoms with Crippen LogP contribution in [0.15, 0.2) is 18.2 Å². The zero-order valence-corrected chi connectivity index (χ0v) is 10.6. The fourth-order valence-corrected chi connectivity index (χ4v) is 1.52. The van der Waals surface area contributed by atoms with Gasteiger partial charge in [-0.1, -0.05) is 23.2 Å². The SMILES string of the molecule is COC(=O)CCNC(=O)c1cc(Cl)ccc1Cl. The summed E-state index contributed by atoms with van der Waals surface area (Å²) in [7, 11) is 1.29. The highest BCUT2D eigenvalue weighted by Gasteiger charge is 2.11. The van der Waals surface area contributed by atoms with Gasteiger partial charge in [0.15, 0.2) is 0 Å². The van der Waals surface area contributed by atoms with Crippen LogP contribution < -0.4 is 5.32 Å². The van der Waals surface area contributed by atoms with Crippen molar-refractivity contribution in [3.63, 3.8) is 0 Å². The molecule has 0 spiro atoms. The van der Waals surface area contributed by atoms with E-state index in [0.29, 0.717) is 10.0 Å². The van der Waals surface area contributed by atoms with E-state index < -0.39 is 0 Å². The van der Waals surface area contributed by atoms with Crippen molar-refractivity contribution in [2.75, 3.05) is 13.7 Å². The minimum absolute atomic E-state index is 0.112. The van der Waals surface area contributed by atoms with Crippen molar-refractivity contribution in [1.82, 2.24) is 5.32 Å². The molecular formula is C11H11Cl2NO3. The van der Waals surface area contributed by atoms with Crippen molar-refractivity contribution in [2.45, 2.75) is 6.42 Å². The van der Waals surface area contributed by atoms with Crippen LogP contribution in [0.4, 0.5) is 0 Å². The van der Waals surface area contributed by atoms with E-state index in [1.807, 2.05) is 0 Å². The van der Waals surface area contributed by atoms with Gasteiger partial charge in [-0.25, -0.2) is 0 Å². The van der Waals surface area contributed by atoms with Crippen LogP contribution in [0.1, 0.15) is 16.8 Å². The number of rotatable bonds is 4. The predicted octanol–water partition coefficient (Wildman–Crippen LogP) is 2.29. The number of carbonyl (C=O) groups is 2. The van der Waals surface area contributed by atoms with E-state index in [1.54, 1.807) is 12.1 Å². The summed E-state index contributed by atoms with van der Waals surface area (Å²) in [6.07, 6.45) is 0.112. The third-order valence-corrected chi connectivity index (χ3v) is 2.58. The lowest BCUT2D eigenvalue weighted by molar-refractivity contribution is -0.140. The Morgan fingerprint density at radius 3 is 2.71 bits per heavy atom. The maximum absolute atomic E-state index is 11.7. The minimum atomic E-state index is -0.387. The monoisotopic (exact) mass is 275 g/mol. The number of hydrogen-bond donors (Lipinski definition) is 1. The summed E-state index contributed by atoms with van der Waals surface area (Å²) in [5.41, 5.74) is 0.282. The van der Waals surface area contributed by atoms with E-state index in [0.717, 1.165) is 0 Å². The van der Waals surface area contributed by atoms with Gasteiger partial charge in [-0.05, 0) is 18.2 Å². The van der Waals surface area contributed by atoms with Crippen LogP contribution in [0.3, 0.4) is 0 Å². The number of hydrogen-bond acceptors (Lipinski definition) is 3. The van der Waals surface area contributed by atoms with E-state index in [4.69, 9.17) is 23.2 Å². The van der Waals surface area contributed by atoms with Crippen LogP contribution in [-0.2, 0) is 9.53 Å². The molecule has 0 saturated carbocycles. The molecule has 4 nitrogen and oxygen atoms in total. The normalized spacial score (nSPS) is 9.82. The van der Waals surface area contributed by atoms with Crippen molar-refractivity contribution in [3.8, 4) is 0 Å². The van der Waals surface area contributed by atoms with Gasteiger partial charge in [0.2, 0.25) is 0 Å². The maximum Gasteiger partial charge on any atom is 0.307 e. The highest BCUT2D eigenvalue weighted by molar-refractivity contribution is 6.35. The summed E-state index contributed by atoms with van der Waals surface area (Å²) in [5, 5.41) is 3.28. The number of amides is 1. The van der Waals surface area contributed by atoms with Gasteiger partial charge in [-0.2, -0.15) is 0 Å². The van der Waals surface area contributed by atoms with Gasteiger partial charge in [-0.3, -0.25) is 9.59 Å². The lowest BCUT2D eigenvalue weighted by Crippen LogP contribution is -2.26. The van der Waals surface area contributed by atoms with Crippen molar-refractivity contribution in [2.24, 2.45) is 0 Å². The van der Waals surface area contributed by atoms with E-state index >= 15 is 0 Å². The molecule has 0 aliphatic heterocycles. The maximum atomic E-state index is 11.7. The number of halogens is 2. The Hall–Kier alpha value is -1.26. The highest BCUT2D eigenvalue weighted by atomic mass is 35.5. The molecule has 17 heavy (non-hydrogen) atoms. The standard InChI is InChI=1S/C11H11Cl2NO3/c1-17-10(15)4-5-14-11(16)8-6-7(12)2-3-9(8)13/h2-3,6H,4-5H2,1H3,(H,14,16). The Bertz CT molecular complexity index is 435.